The Balaban J connectivity index is 1.55. The standard InChI is InChI=1S/C14H29N3O/c1-14(15,12-18)5-2-6-16-7-9-17(10-8-16)11-13-3-4-13/h13,18H,2-12,15H2,1H3. The number of aliphatic hydroxyl groups is 1. The maximum absolute atomic E-state index is 9.11. The molecule has 1 aliphatic carbocycles. The third kappa shape index (κ3) is 4.84. The molecule has 1 saturated carbocycles. The predicted molar refractivity (Wildman–Crippen MR) is 74.5 cm³/mol. The van der Waals surface area contributed by atoms with E-state index in [2.05, 4.69) is 9.80 Å². The monoisotopic (exact) mass is 255 g/mol. The van der Waals surface area contributed by atoms with Crippen molar-refractivity contribution in [3.05, 3.63) is 0 Å². The molecule has 3 N–H and O–H groups in total. The molecule has 0 bridgehead atoms. The van der Waals surface area contributed by atoms with Gasteiger partial charge in [-0.1, -0.05) is 0 Å². The Morgan fingerprint density at radius 1 is 1.17 bits per heavy atom. The van der Waals surface area contributed by atoms with Crippen LogP contribution in [0.2, 0.25) is 0 Å². The second kappa shape index (κ2) is 6.33. The van der Waals surface area contributed by atoms with Crippen LogP contribution in [-0.4, -0.2) is 66.3 Å². The Kier molecular flexibility index (Phi) is 5.01. The minimum absolute atomic E-state index is 0.0855. The molecule has 1 aliphatic heterocycles. The summed E-state index contributed by atoms with van der Waals surface area (Å²) in [5.74, 6) is 1.01. The van der Waals surface area contributed by atoms with E-state index >= 15 is 0 Å². The lowest BCUT2D eigenvalue weighted by atomic mass is 9.98. The highest BCUT2D eigenvalue weighted by Crippen LogP contribution is 2.29. The molecule has 2 rings (SSSR count). The summed E-state index contributed by atoms with van der Waals surface area (Å²) < 4.78 is 0. The van der Waals surface area contributed by atoms with Crippen LogP contribution in [0.1, 0.15) is 32.6 Å². The molecular formula is C14H29N3O. The number of rotatable bonds is 7. The minimum atomic E-state index is -0.395. The summed E-state index contributed by atoms with van der Waals surface area (Å²) in [4.78, 5) is 5.16. The van der Waals surface area contributed by atoms with Crippen molar-refractivity contribution in [1.82, 2.24) is 9.80 Å². The van der Waals surface area contributed by atoms with E-state index in [0.717, 1.165) is 25.3 Å². The third-order valence-electron chi connectivity index (χ3n) is 4.26. The Morgan fingerprint density at radius 3 is 2.33 bits per heavy atom. The fraction of sp³-hybridized carbons (Fsp3) is 1.00. The van der Waals surface area contributed by atoms with Gasteiger partial charge < -0.3 is 20.6 Å². The van der Waals surface area contributed by atoms with E-state index in [4.69, 9.17) is 10.8 Å². The molecule has 4 heteroatoms. The number of nitrogens with two attached hydrogens (primary N) is 1. The molecule has 4 nitrogen and oxygen atoms in total. The number of nitrogens with zero attached hydrogens (tertiary/aromatic N) is 2. The van der Waals surface area contributed by atoms with Crippen molar-refractivity contribution < 1.29 is 5.11 Å². The van der Waals surface area contributed by atoms with E-state index in [9.17, 15) is 0 Å². The van der Waals surface area contributed by atoms with Crippen LogP contribution < -0.4 is 5.73 Å². The molecule has 2 aliphatic rings. The molecule has 0 radical (unpaired) electrons. The smallest absolute Gasteiger partial charge is 0.0608 e. The lowest BCUT2D eigenvalue weighted by Gasteiger charge is -2.35. The van der Waals surface area contributed by atoms with Crippen LogP contribution in [0, 0.1) is 5.92 Å². The zero-order chi connectivity index (χ0) is 13.0. The van der Waals surface area contributed by atoms with Crippen molar-refractivity contribution in [3.63, 3.8) is 0 Å². The van der Waals surface area contributed by atoms with Crippen molar-refractivity contribution in [2.24, 2.45) is 11.7 Å². The molecule has 0 aromatic heterocycles. The minimum Gasteiger partial charge on any atom is -0.394 e. The first-order valence-corrected chi connectivity index (χ1v) is 7.43. The highest BCUT2D eigenvalue weighted by molar-refractivity contribution is 4.81. The number of aliphatic hydroxyl groups excluding tert-OH is 1. The van der Waals surface area contributed by atoms with E-state index in [0.29, 0.717) is 0 Å². The zero-order valence-electron chi connectivity index (χ0n) is 11.8. The van der Waals surface area contributed by atoms with Crippen LogP contribution in [0.5, 0.6) is 0 Å². The van der Waals surface area contributed by atoms with Crippen LogP contribution in [0.25, 0.3) is 0 Å². The predicted octanol–water partition coefficient (Wildman–Crippen LogP) is 0.504. The average molecular weight is 255 g/mol. The van der Waals surface area contributed by atoms with Gasteiger partial charge in [-0.05, 0) is 45.1 Å². The Labute approximate surface area is 111 Å². The van der Waals surface area contributed by atoms with Crippen LogP contribution in [-0.2, 0) is 0 Å². The first kappa shape index (κ1) is 14.3. The second-order valence-corrected chi connectivity index (χ2v) is 6.50. The first-order valence-electron chi connectivity index (χ1n) is 7.43. The summed E-state index contributed by atoms with van der Waals surface area (Å²) in [5.41, 5.74) is 5.54. The molecule has 1 heterocycles. The summed E-state index contributed by atoms with van der Waals surface area (Å²) in [6.45, 7) is 9.35. The number of hydrogen-bond acceptors (Lipinski definition) is 4. The van der Waals surface area contributed by atoms with Crippen LogP contribution in [0.3, 0.4) is 0 Å². The lowest BCUT2D eigenvalue weighted by Crippen LogP contribution is -2.47. The average Bonchev–Trinajstić information content (AvgIpc) is 3.15. The van der Waals surface area contributed by atoms with E-state index < -0.39 is 5.54 Å². The van der Waals surface area contributed by atoms with E-state index in [1.807, 2.05) is 6.92 Å². The van der Waals surface area contributed by atoms with Gasteiger partial charge in [0.2, 0.25) is 0 Å². The maximum atomic E-state index is 9.11. The normalized spacial score (nSPS) is 26.2. The van der Waals surface area contributed by atoms with E-state index in [1.54, 1.807) is 0 Å². The van der Waals surface area contributed by atoms with Crippen molar-refractivity contribution in [1.29, 1.82) is 0 Å². The van der Waals surface area contributed by atoms with E-state index in [-0.39, 0.29) is 6.61 Å². The van der Waals surface area contributed by atoms with E-state index in [1.165, 1.54) is 45.6 Å². The third-order valence-corrected chi connectivity index (χ3v) is 4.26. The fourth-order valence-electron chi connectivity index (χ4n) is 2.65. The van der Waals surface area contributed by atoms with Gasteiger partial charge in [-0.25, -0.2) is 0 Å². The maximum Gasteiger partial charge on any atom is 0.0608 e. The quantitative estimate of drug-likeness (QED) is 0.696. The van der Waals surface area contributed by atoms with Gasteiger partial charge in [0.1, 0.15) is 0 Å². The van der Waals surface area contributed by atoms with Crippen molar-refractivity contribution in [3.8, 4) is 0 Å². The number of hydrogen-bond donors (Lipinski definition) is 2. The molecule has 0 spiro atoms. The van der Waals surface area contributed by atoms with Gasteiger partial charge in [0, 0.05) is 38.3 Å². The topological polar surface area (TPSA) is 52.7 Å². The van der Waals surface area contributed by atoms with Crippen LogP contribution in [0.15, 0.2) is 0 Å². The Hall–Kier alpha value is -0.160. The first-order chi connectivity index (χ1) is 8.59. The van der Waals surface area contributed by atoms with Crippen molar-refractivity contribution in [2.75, 3.05) is 45.9 Å². The second-order valence-electron chi connectivity index (χ2n) is 6.50. The summed E-state index contributed by atoms with van der Waals surface area (Å²) in [5, 5.41) is 9.11. The summed E-state index contributed by atoms with van der Waals surface area (Å²) in [6.07, 6.45) is 4.91. The lowest BCUT2D eigenvalue weighted by molar-refractivity contribution is 0.122. The number of piperazine rings is 1. The van der Waals surface area contributed by atoms with Crippen LogP contribution >= 0.6 is 0 Å². The fourth-order valence-corrected chi connectivity index (χ4v) is 2.65. The van der Waals surface area contributed by atoms with Gasteiger partial charge >= 0.3 is 0 Å². The highest BCUT2D eigenvalue weighted by atomic mass is 16.3. The molecule has 0 aromatic rings. The van der Waals surface area contributed by atoms with Crippen molar-refractivity contribution >= 4 is 0 Å². The van der Waals surface area contributed by atoms with Gasteiger partial charge in [-0.3, -0.25) is 0 Å². The highest BCUT2D eigenvalue weighted by Gasteiger charge is 2.26. The Bertz CT molecular complexity index is 245. The molecule has 0 aromatic carbocycles. The van der Waals surface area contributed by atoms with Gasteiger partial charge in [-0.2, -0.15) is 0 Å². The Morgan fingerprint density at radius 2 is 1.78 bits per heavy atom. The summed E-state index contributed by atoms with van der Waals surface area (Å²) in [6, 6.07) is 0. The molecule has 1 atom stereocenters. The molecule has 1 saturated heterocycles. The molecule has 0 amide bonds. The van der Waals surface area contributed by atoms with Gasteiger partial charge in [0.05, 0.1) is 6.61 Å². The summed E-state index contributed by atoms with van der Waals surface area (Å²) >= 11 is 0. The van der Waals surface area contributed by atoms with Crippen LogP contribution in [0.4, 0.5) is 0 Å². The molecule has 1 unspecified atom stereocenters. The summed E-state index contributed by atoms with van der Waals surface area (Å²) in [7, 11) is 0. The molecule has 2 fully saturated rings. The van der Waals surface area contributed by atoms with Gasteiger partial charge in [-0.15, -0.1) is 0 Å². The molecular weight excluding hydrogens is 226 g/mol. The largest absolute Gasteiger partial charge is 0.394 e. The van der Waals surface area contributed by atoms with Crippen molar-refractivity contribution in [2.45, 2.75) is 38.1 Å². The SMILES string of the molecule is CC(N)(CO)CCCN1CCN(CC2CC2)CC1. The molecule has 106 valence electrons. The molecule has 18 heavy (non-hydrogen) atoms. The zero-order valence-corrected chi connectivity index (χ0v) is 11.8. The van der Waals surface area contributed by atoms with Gasteiger partial charge in [0.15, 0.2) is 0 Å². The van der Waals surface area contributed by atoms with Gasteiger partial charge in [0.25, 0.3) is 0 Å².